The van der Waals surface area contributed by atoms with E-state index in [1.165, 1.54) is 30.5 Å². The molecule has 2 aliphatic carbocycles. The number of hydrogen-bond acceptors (Lipinski definition) is 7. The lowest BCUT2D eigenvalue weighted by Gasteiger charge is -2.39. The number of amides is 1. The van der Waals surface area contributed by atoms with Crippen molar-refractivity contribution < 1.29 is 14.3 Å². The quantitative estimate of drug-likeness (QED) is 0.527. The lowest BCUT2D eigenvalue weighted by Crippen LogP contribution is -2.42. The second-order valence-corrected chi connectivity index (χ2v) is 12.8. The fourth-order valence-corrected chi connectivity index (χ4v) is 6.35. The summed E-state index contributed by atoms with van der Waals surface area (Å²) in [5.74, 6) is 1.54. The van der Waals surface area contributed by atoms with Gasteiger partial charge >= 0.3 is 6.09 Å². The number of rotatable bonds is 4. The lowest BCUT2D eigenvalue weighted by molar-refractivity contribution is 0.0471. The van der Waals surface area contributed by atoms with E-state index in [0.717, 1.165) is 67.8 Å². The molecule has 1 amide bonds. The molecule has 0 bridgehead atoms. The summed E-state index contributed by atoms with van der Waals surface area (Å²) in [6.07, 6.45) is 9.44. The van der Waals surface area contributed by atoms with Crippen molar-refractivity contribution in [3.63, 3.8) is 0 Å². The zero-order chi connectivity index (χ0) is 27.1. The Morgan fingerprint density at radius 2 is 1.79 bits per heavy atom. The van der Waals surface area contributed by atoms with Gasteiger partial charge in [-0.1, -0.05) is 13.8 Å². The molecule has 38 heavy (non-hydrogen) atoms. The third-order valence-electron chi connectivity index (χ3n) is 8.03. The molecule has 3 N–H and O–H groups in total. The molecule has 1 aromatic heterocycles. The molecule has 5 rings (SSSR count). The van der Waals surface area contributed by atoms with E-state index in [4.69, 9.17) is 20.2 Å². The van der Waals surface area contributed by atoms with E-state index in [2.05, 4.69) is 41.2 Å². The van der Waals surface area contributed by atoms with Gasteiger partial charge in [-0.25, -0.2) is 14.8 Å². The molecule has 1 saturated carbocycles. The van der Waals surface area contributed by atoms with Crippen molar-refractivity contribution >= 4 is 17.6 Å². The van der Waals surface area contributed by atoms with Crippen molar-refractivity contribution in [1.82, 2.24) is 15.3 Å². The van der Waals surface area contributed by atoms with Crippen LogP contribution in [0.2, 0.25) is 0 Å². The Kier molecular flexibility index (Phi) is 7.18. The number of benzene rings is 1. The van der Waals surface area contributed by atoms with E-state index in [1.807, 2.05) is 20.8 Å². The van der Waals surface area contributed by atoms with Gasteiger partial charge in [-0.3, -0.25) is 0 Å². The van der Waals surface area contributed by atoms with Crippen LogP contribution in [-0.2, 0) is 16.6 Å². The van der Waals surface area contributed by atoms with E-state index in [9.17, 15) is 4.79 Å². The molecule has 2 fully saturated rings. The number of anilines is 2. The van der Waals surface area contributed by atoms with Gasteiger partial charge in [0.25, 0.3) is 0 Å². The summed E-state index contributed by atoms with van der Waals surface area (Å²) in [6.45, 7) is 12.2. The number of ether oxygens (including phenoxy) is 2. The third-order valence-corrected chi connectivity index (χ3v) is 8.03. The van der Waals surface area contributed by atoms with Crippen molar-refractivity contribution in [2.24, 2.45) is 0 Å². The molecule has 0 atom stereocenters. The highest BCUT2D eigenvalue weighted by atomic mass is 16.6. The topological polar surface area (TPSA) is 103 Å². The molecule has 0 radical (unpaired) electrons. The molecule has 2 heterocycles. The minimum absolute atomic E-state index is 0.120. The van der Waals surface area contributed by atoms with Gasteiger partial charge in [0.05, 0.1) is 17.5 Å². The van der Waals surface area contributed by atoms with Crippen molar-refractivity contribution in [3.8, 4) is 17.0 Å². The maximum Gasteiger partial charge on any atom is 0.407 e. The van der Waals surface area contributed by atoms with Crippen molar-refractivity contribution in [1.29, 1.82) is 0 Å². The van der Waals surface area contributed by atoms with Gasteiger partial charge in [0.15, 0.2) is 0 Å². The molecular weight excluding hydrogens is 478 g/mol. The normalized spacial score (nSPS) is 22.7. The maximum absolute atomic E-state index is 12.2. The average Bonchev–Trinajstić information content (AvgIpc) is 2.84. The number of nitrogen functional groups attached to an aromatic ring is 1. The Morgan fingerprint density at radius 3 is 2.47 bits per heavy atom. The molecule has 8 heteroatoms. The number of alkyl carbamates (subject to hydrolysis) is 1. The largest absolute Gasteiger partial charge is 0.488 e. The summed E-state index contributed by atoms with van der Waals surface area (Å²) in [4.78, 5) is 23.8. The minimum Gasteiger partial charge on any atom is -0.488 e. The zero-order valence-electron chi connectivity index (χ0n) is 23.6. The van der Waals surface area contributed by atoms with Gasteiger partial charge in [-0.05, 0) is 95.2 Å². The summed E-state index contributed by atoms with van der Waals surface area (Å²) in [7, 11) is 0. The first kappa shape index (κ1) is 26.6. The van der Waals surface area contributed by atoms with Crippen LogP contribution in [0, 0.1) is 0 Å². The highest BCUT2D eigenvalue weighted by Gasteiger charge is 2.38. The van der Waals surface area contributed by atoms with Gasteiger partial charge in [0, 0.05) is 30.3 Å². The molecule has 0 unspecified atom stereocenters. The van der Waals surface area contributed by atoms with Crippen LogP contribution < -0.4 is 20.7 Å². The number of piperidine rings is 1. The Balaban J connectivity index is 1.39. The molecule has 2 aromatic rings. The number of hydrogen-bond donors (Lipinski definition) is 2. The second kappa shape index (κ2) is 10.3. The van der Waals surface area contributed by atoms with Crippen molar-refractivity contribution in [2.45, 2.75) is 109 Å². The number of aromatic nitrogens is 2. The first-order chi connectivity index (χ1) is 18.0. The number of fused-ring (bicyclic) bond motifs is 3. The first-order valence-electron chi connectivity index (χ1n) is 14.2. The van der Waals surface area contributed by atoms with Crippen LogP contribution in [0.5, 0.6) is 5.75 Å². The van der Waals surface area contributed by atoms with Crippen molar-refractivity contribution in [3.05, 3.63) is 29.6 Å². The summed E-state index contributed by atoms with van der Waals surface area (Å²) in [5, 5.41) is 3.04. The monoisotopic (exact) mass is 521 g/mol. The van der Waals surface area contributed by atoms with Gasteiger partial charge in [0.1, 0.15) is 23.5 Å². The molecular formula is C30H43N5O3. The predicted octanol–water partition coefficient (Wildman–Crippen LogP) is 5.76. The maximum atomic E-state index is 12.2. The molecule has 8 nitrogen and oxygen atoms in total. The molecule has 1 saturated heterocycles. The standard InChI is InChI=1S/C30H43N5O3/c1-29(2,3)38-28(36)34-19-9-11-20(12-10-19)37-23-14-13-21-22(26(23)35-15-7-6-8-16-35)17-30(4,5)24-25(21)32-18-33-27(24)31/h13-14,18-20H,6-12,15-17H2,1-5H3,(H,34,36)(H2,31,32,33)/t19-,20-. The summed E-state index contributed by atoms with van der Waals surface area (Å²) in [6, 6.07) is 4.42. The Morgan fingerprint density at radius 1 is 1.08 bits per heavy atom. The second-order valence-electron chi connectivity index (χ2n) is 12.8. The molecule has 206 valence electrons. The van der Waals surface area contributed by atoms with Crippen LogP contribution in [0.1, 0.15) is 90.7 Å². The van der Waals surface area contributed by atoms with Crippen LogP contribution in [0.25, 0.3) is 11.3 Å². The minimum atomic E-state index is -0.492. The highest BCUT2D eigenvalue weighted by Crippen LogP contribution is 2.50. The van der Waals surface area contributed by atoms with E-state index in [0.29, 0.717) is 5.82 Å². The van der Waals surface area contributed by atoms with Crippen LogP contribution in [-0.4, -0.2) is 46.9 Å². The number of nitrogens with zero attached hydrogens (tertiary/aromatic N) is 3. The number of carbonyl (C=O) groups is 1. The Hall–Kier alpha value is -3.03. The summed E-state index contributed by atoms with van der Waals surface area (Å²) < 4.78 is 12.2. The molecule has 0 spiro atoms. The predicted molar refractivity (Wildman–Crippen MR) is 151 cm³/mol. The van der Waals surface area contributed by atoms with Gasteiger partial charge < -0.3 is 25.4 Å². The fraction of sp³-hybridized carbons (Fsp3) is 0.633. The van der Waals surface area contributed by atoms with E-state index < -0.39 is 5.60 Å². The Labute approximate surface area is 226 Å². The van der Waals surface area contributed by atoms with Gasteiger partial charge in [-0.15, -0.1) is 0 Å². The van der Waals surface area contributed by atoms with Crippen LogP contribution in [0.4, 0.5) is 16.3 Å². The third kappa shape index (κ3) is 5.54. The van der Waals surface area contributed by atoms with Crippen molar-refractivity contribution in [2.75, 3.05) is 23.7 Å². The van der Waals surface area contributed by atoms with Crippen LogP contribution in [0.15, 0.2) is 18.5 Å². The first-order valence-corrected chi connectivity index (χ1v) is 14.2. The van der Waals surface area contributed by atoms with E-state index >= 15 is 0 Å². The van der Waals surface area contributed by atoms with Gasteiger partial charge in [-0.2, -0.15) is 0 Å². The molecule has 1 aliphatic heterocycles. The van der Waals surface area contributed by atoms with E-state index in [-0.39, 0.29) is 23.7 Å². The van der Waals surface area contributed by atoms with Crippen LogP contribution in [0.3, 0.4) is 0 Å². The highest BCUT2D eigenvalue weighted by molar-refractivity contribution is 5.83. The van der Waals surface area contributed by atoms with Gasteiger partial charge in [0.2, 0.25) is 0 Å². The SMILES string of the molecule is CC(C)(C)OC(=O)N[C@H]1CC[C@H](Oc2ccc3c(c2N2CCCCC2)CC(C)(C)c2c(N)ncnc2-3)CC1. The number of nitrogens with two attached hydrogens (primary N) is 1. The average molecular weight is 522 g/mol. The fourth-order valence-electron chi connectivity index (χ4n) is 6.35. The number of carbonyl (C=O) groups excluding carboxylic acids is 1. The lowest BCUT2D eigenvalue weighted by atomic mass is 9.71. The zero-order valence-corrected chi connectivity index (χ0v) is 23.6. The summed E-state index contributed by atoms with van der Waals surface area (Å²) >= 11 is 0. The smallest absolute Gasteiger partial charge is 0.407 e. The number of nitrogens with one attached hydrogen (secondary N) is 1. The van der Waals surface area contributed by atoms with Crippen LogP contribution >= 0.6 is 0 Å². The molecule has 3 aliphatic rings. The van der Waals surface area contributed by atoms with E-state index in [1.54, 1.807) is 6.33 Å². The summed E-state index contributed by atoms with van der Waals surface area (Å²) in [5.41, 5.74) is 11.4. The Bertz CT molecular complexity index is 1180. The molecule has 1 aromatic carbocycles.